The molecule has 4 rings (SSSR count). The van der Waals surface area contributed by atoms with Crippen LogP contribution in [0.2, 0.25) is 0 Å². The van der Waals surface area contributed by atoms with Gasteiger partial charge in [0.05, 0.1) is 0 Å². The predicted molar refractivity (Wildman–Crippen MR) is 94.9 cm³/mol. The number of nitrogens with zero attached hydrogens (tertiary/aromatic N) is 2. The Balaban J connectivity index is 1.59. The molecule has 4 aromatic rings. The maximum Gasteiger partial charge on any atom is 0.258 e. The zero-order chi connectivity index (χ0) is 17.1. The van der Waals surface area contributed by atoms with E-state index in [1.54, 1.807) is 12.1 Å². The first-order valence-corrected chi connectivity index (χ1v) is 7.80. The maximum absolute atomic E-state index is 13.0. The SMILES string of the molecule is Fc1ccc(Nc2cccc(-c3nc(-c4ccccc4)no3)c2)cc1. The summed E-state index contributed by atoms with van der Waals surface area (Å²) < 4.78 is 18.4. The van der Waals surface area contributed by atoms with E-state index in [1.165, 1.54) is 12.1 Å². The minimum Gasteiger partial charge on any atom is -0.356 e. The number of benzene rings is 3. The normalized spacial score (nSPS) is 10.6. The van der Waals surface area contributed by atoms with E-state index in [-0.39, 0.29) is 5.82 Å². The van der Waals surface area contributed by atoms with Crippen molar-refractivity contribution >= 4 is 11.4 Å². The van der Waals surface area contributed by atoms with Gasteiger partial charge in [-0.2, -0.15) is 4.98 Å². The summed E-state index contributed by atoms with van der Waals surface area (Å²) in [5.41, 5.74) is 3.36. The molecule has 0 unspecified atom stereocenters. The van der Waals surface area contributed by atoms with Gasteiger partial charge in [-0.25, -0.2) is 4.39 Å². The third-order valence-electron chi connectivity index (χ3n) is 3.70. The topological polar surface area (TPSA) is 51.0 Å². The number of halogens is 1. The molecule has 0 bridgehead atoms. The van der Waals surface area contributed by atoms with Crippen molar-refractivity contribution < 1.29 is 8.91 Å². The van der Waals surface area contributed by atoms with Crippen LogP contribution in [0.1, 0.15) is 0 Å². The molecule has 1 heterocycles. The van der Waals surface area contributed by atoms with Crippen molar-refractivity contribution in [2.45, 2.75) is 0 Å². The number of hydrogen-bond acceptors (Lipinski definition) is 4. The molecule has 0 saturated heterocycles. The van der Waals surface area contributed by atoms with Gasteiger partial charge in [0.15, 0.2) is 0 Å². The molecule has 0 saturated carbocycles. The molecule has 0 spiro atoms. The summed E-state index contributed by atoms with van der Waals surface area (Å²) in [4.78, 5) is 4.46. The number of hydrogen-bond donors (Lipinski definition) is 1. The molecule has 0 fully saturated rings. The highest BCUT2D eigenvalue weighted by molar-refractivity contribution is 5.67. The van der Waals surface area contributed by atoms with Gasteiger partial charge in [-0.1, -0.05) is 41.6 Å². The average Bonchev–Trinajstić information content (AvgIpc) is 3.15. The molecule has 122 valence electrons. The van der Waals surface area contributed by atoms with Crippen LogP contribution in [0.4, 0.5) is 15.8 Å². The highest BCUT2D eigenvalue weighted by Crippen LogP contribution is 2.25. The molecule has 0 aliphatic heterocycles. The van der Waals surface area contributed by atoms with E-state index in [2.05, 4.69) is 15.5 Å². The third kappa shape index (κ3) is 3.40. The van der Waals surface area contributed by atoms with Crippen molar-refractivity contribution in [2.24, 2.45) is 0 Å². The molecule has 1 aromatic heterocycles. The predicted octanol–water partition coefficient (Wildman–Crippen LogP) is 5.29. The van der Waals surface area contributed by atoms with Gasteiger partial charge in [-0.05, 0) is 42.5 Å². The van der Waals surface area contributed by atoms with Crippen LogP contribution in [0.3, 0.4) is 0 Å². The van der Waals surface area contributed by atoms with Crippen LogP contribution in [-0.2, 0) is 0 Å². The molecule has 1 N–H and O–H groups in total. The number of aromatic nitrogens is 2. The van der Waals surface area contributed by atoms with Crippen molar-refractivity contribution in [3.8, 4) is 22.8 Å². The lowest BCUT2D eigenvalue weighted by atomic mass is 10.2. The van der Waals surface area contributed by atoms with Gasteiger partial charge in [0.25, 0.3) is 5.89 Å². The molecule has 0 radical (unpaired) electrons. The van der Waals surface area contributed by atoms with Gasteiger partial charge in [0, 0.05) is 22.5 Å². The van der Waals surface area contributed by atoms with E-state index >= 15 is 0 Å². The Bertz CT molecular complexity index is 981. The Morgan fingerprint density at radius 3 is 2.32 bits per heavy atom. The van der Waals surface area contributed by atoms with Crippen LogP contribution < -0.4 is 5.32 Å². The third-order valence-corrected chi connectivity index (χ3v) is 3.70. The van der Waals surface area contributed by atoms with Crippen molar-refractivity contribution in [1.82, 2.24) is 10.1 Å². The highest BCUT2D eigenvalue weighted by atomic mass is 19.1. The Kier molecular flexibility index (Phi) is 3.96. The summed E-state index contributed by atoms with van der Waals surface area (Å²) in [7, 11) is 0. The maximum atomic E-state index is 13.0. The van der Waals surface area contributed by atoms with Crippen LogP contribution in [0.5, 0.6) is 0 Å². The lowest BCUT2D eigenvalue weighted by molar-refractivity contribution is 0.432. The second kappa shape index (κ2) is 6.57. The molecule has 5 heteroatoms. The fourth-order valence-electron chi connectivity index (χ4n) is 2.48. The summed E-state index contributed by atoms with van der Waals surface area (Å²) in [6.07, 6.45) is 0. The van der Waals surface area contributed by atoms with Crippen LogP contribution in [0.25, 0.3) is 22.8 Å². The van der Waals surface area contributed by atoms with Crippen molar-refractivity contribution in [2.75, 3.05) is 5.32 Å². The summed E-state index contributed by atoms with van der Waals surface area (Å²) in [5.74, 6) is 0.729. The van der Waals surface area contributed by atoms with Crippen LogP contribution >= 0.6 is 0 Å². The summed E-state index contributed by atoms with van der Waals surface area (Å²) >= 11 is 0. The summed E-state index contributed by atoms with van der Waals surface area (Å²) in [6.45, 7) is 0. The van der Waals surface area contributed by atoms with Gasteiger partial charge in [-0.15, -0.1) is 0 Å². The summed E-state index contributed by atoms with van der Waals surface area (Å²) in [6, 6.07) is 23.5. The van der Waals surface area contributed by atoms with Gasteiger partial charge in [0.2, 0.25) is 5.82 Å². The Morgan fingerprint density at radius 2 is 1.52 bits per heavy atom. The van der Waals surface area contributed by atoms with E-state index in [0.717, 1.165) is 22.5 Å². The van der Waals surface area contributed by atoms with Crippen LogP contribution in [-0.4, -0.2) is 10.1 Å². The average molecular weight is 331 g/mol. The Morgan fingerprint density at radius 1 is 0.760 bits per heavy atom. The second-order valence-corrected chi connectivity index (χ2v) is 5.50. The lowest BCUT2D eigenvalue weighted by Gasteiger charge is -2.07. The smallest absolute Gasteiger partial charge is 0.258 e. The monoisotopic (exact) mass is 331 g/mol. The molecule has 0 atom stereocenters. The van der Waals surface area contributed by atoms with Crippen LogP contribution in [0, 0.1) is 5.82 Å². The first-order valence-electron chi connectivity index (χ1n) is 7.80. The largest absolute Gasteiger partial charge is 0.356 e. The van der Waals surface area contributed by atoms with E-state index in [4.69, 9.17) is 4.52 Å². The molecule has 0 amide bonds. The lowest BCUT2D eigenvalue weighted by Crippen LogP contribution is -1.90. The molecular formula is C20H14FN3O. The van der Waals surface area contributed by atoms with E-state index in [9.17, 15) is 4.39 Å². The molecule has 3 aromatic carbocycles. The van der Waals surface area contributed by atoms with Gasteiger partial charge < -0.3 is 9.84 Å². The van der Waals surface area contributed by atoms with E-state index < -0.39 is 0 Å². The Hall–Kier alpha value is -3.47. The number of anilines is 2. The van der Waals surface area contributed by atoms with E-state index in [1.807, 2.05) is 54.6 Å². The fraction of sp³-hybridized carbons (Fsp3) is 0. The fourth-order valence-corrected chi connectivity index (χ4v) is 2.48. The number of rotatable bonds is 4. The zero-order valence-corrected chi connectivity index (χ0v) is 13.2. The van der Waals surface area contributed by atoms with Gasteiger partial charge in [0.1, 0.15) is 5.82 Å². The summed E-state index contributed by atoms with van der Waals surface area (Å²) in [5, 5.41) is 7.26. The minimum absolute atomic E-state index is 0.265. The van der Waals surface area contributed by atoms with Gasteiger partial charge >= 0.3 is 0 Å². The minimum atomic E-state index is -0.265. The molecular weight excluding hydrogens is 317 g/mol. The van der Waals surface area contributed by atoms with Crippen molar-refractivity contribution in [1.29, 1.82) is 0 Å². The first kappa shape index (κ1) is 15.1. The Labute approximate surface area is 144 Å². The molecule has 25 heavy (non-hydrogen) atoms. The van der Waals surface area contributed by atoms with Gasteiger partial charge in [-0.3, -0.25) is 0 Å². The van der Waals surface area contributed by atoms with Crippen LogP contribution in [0.15, 0.2) is 83.4 Å². The van der Waals surface area contributed by atoms with E-state index in [0.29, 0.717) is 11.7 Å². The first-order chi connectivity index (χ1) is 12.3. The molecule has 0 aliphatic carbocycles. The standard InChI is InChI=1S/C20H14FN3O/c21-16-9-11-17(12-10-16)22-18-8-4-7-15(13-18)20-23-19(24-25-20)14-5-2-1-3-6-14/h1-13,22H. The van der Waals surface area contributed by atoms with Crippen molar-refractivity contribution in [3.63, 3.8) is 0 Å². The highest BCUT2D eigenvalue weighted by Gasteiger charge is 2.10. The van der Waals surface area contributed by atoms with Crippen molar-refractivity contribution in [3.05, 3.63) is 84.7 Å². The zero-order valence-electron chi connectivity index (χ0n) is 13.2. The number of nitrogens with one attached hydrogen (secondary N) is 1. The molecule has 0 aliphatic rings. The molecule has 4 nitrogen and oxygen atoms in total. The second-order valence-electron chi connectivity index (χ2n) is 5.50. The quantitative estimate of drug-likeness (QED) is 0.552.